The summed E-state index contributed by atoms with van der Waals surface area (Å²) in [6.07, 6.45) is 19.1. The highest BCUT2D eigenvalue weighted by molar-refractivity contribution is 5.66. The maximum Gasteiger partial charge on any atom is 0.161 e. The van der Waals surface area contributed by atoms with Gasteiger partial charge in [-0.1, -0.05) is 60.7 Å². The molecule has 2 aromatic carbocycles. The van der Waals surface area contributed by atoms with Crippen molar-refractivity contribution in [1.29, 1.82) is 0 Å². The van der Waals surface area contributed by atoms with E-state index in [1.807, 2.05) is 85.0 Å². The van der Waals surface area contributed by atoms with Crippen LogP contribution in [-0.2, 0) is 0 Å². The molecule has 0 bridgehead atoms. The number of methoxy groups -OCH3 is 2. The molecule has 0 unspecified atom stereocenters. The molecule has 2 aromatic heterocycles. The number of phenols is 2. The number of benzene rings is 2. The Hall–Kier alpha value is -5.10. The van der Waals surface area contributed by atoms with Crippen LogP contribution in [0.2, 0.25) is 0 Å². The lowest BCUT2D eigenvalue weighted by atomic mass is 10.1. The van der Waals surface area contributed by atoms with Gasteiger partial charge in [0.05, 0.1) is 25.6 Å². The Balaban J connectivity index is 1.42. The van der Waals surface area contributed by atoms with Crippen molar-refractivity contribution < 1.29 is 19.7 Å². The molecule has 190 valence electrons. The minimum Gasteiger partial charge on any atom is -0.504 e. The first-order valence-corrected chi connectivity index (χ1v) is 11.9. The Labute approximate surface area is 222 Å². The Morgan fingerprint density at radius 1 is 0.526 bits per heavy atom. The third-order valence-electron chi connectivity index (χ3n) is 5.61. The molecule has 38 heavy (non-hydrogen) atoms. The highest BCUT2D eigenvalue weighted by Gasteiger charge is 2.03. The minimum absolute atomic E-state index is 0.115. The number of ether oxygens (including phenoxy) is 2. The van der Waals surface area contributed by atoms with Gasteiger partial charge >= 0.3 is 0 Å². The van der Waals surface area contributed by atoms with Crippen LogP contribution in [0.25, 0.3) is 35.7 Å². The summed E-state index contributed by atoms with van der Waals surface area (Å²) >= 11 is 0. The van der Waals surface area contributed by atoms with Crippen molar-refractivity contribution in [2.75, 3.05) is 14.2 Å². The van der Waals surface area contributed by atoms with Gasteiger partial charge < -0.3 is 19.7 Å². The third-order valence-corrected chi connectivity index (χ3v) is 5.61. The van der Waals surface area contributed by atoms with Crippen LogP contribution in [0.3, 0.4) is 0 Å². The monoisotopic (exact) mass is 504 g/mol. The zero-order valence-electron chi connectivity index (χ0n) is 21.2. The van der Waals surface area contributed by atoms with Crippen LogP contribution in [0, 0.1) is 0 Å². The van der Waals surface area contributed by atoms with E-state index in [4.69, 9.17) is 9.47 Å². The zero-order valence-corrected chi connectivity index (χ0v) is 21.2. The second-order valence-electron chi connectivity index (χ2n) is 8.25. The molecule has 0 radical (unpaired) electrons. The summed E-state index contributed by atoms with van der Waals surface area (Å²) in [7, 11) is 3.05. The number of hydrogen-bond acceptors (Lipinski definition) is 6. The van der Waals surface area contributed by atoms with Gasteiger partial charge in [0.25, 0.3) is 0 Å². The smallest absolute Gasteiger partial charge is 0.161 e. The molecule has 4 aromatic rings. The van der Waals surface area contributed by atoms with Gasteiger partial charge in [-0.15, -0.1) is 0 Å². The number of aromatic hydroxyl groups is 2. The molecule has 6 nitrogen and oxygen atoms in total. The van der Waals surface area contributed by atoms with E-state index < -0.39 is 0 Å². The molecule has 0 saturated heterocycles. The average Bonchev–Trinajstić information content (AvgIpc) is 2.95. The summed E-state index contributed by atoms with van der Waals surface area (Å²) in [4.78, 5) is 8.98. The van der Waals surface area contributed by atoms with Gasteiger partial charge in [-0.2, -0.15) is 0 Å². The molecule has 0 aliphatic heterocycles. The minimum atomic E-state index is 0.115. The molecule has 0 aliphatic rings. The highest BCUT2D eigenvalue weighted by atomic mass is 16.5. The summed E-state index contributed by atoms with van der Waals surface area (Å²) in [5.74, 6) is 1.11. The van der Waals surface area contributed by atoms with E-state index in [9.17, 15) is 10.2 Å². The fraction of sp³-hybridized carbons (Fsp3) is 0.0625. The van der Waals surface area contributed by atoms with Gasteiger partial charge in [0.2, 0.25) is 0 Å². The molecule has 0 fully saturated rings. The maximum absolute atomic E-state index is 9.72. The molecule has 4 rings (SSSR count). The lowest BCUT2D eigenvalue weighted by molar-refractivity contribution is 0.373. The van der Waals surface area contributed by atoms with Crippen LogP contribution >= 0.6 is 0 Å². The second kappa shape index (κ2) is 12.7. The summed E-state index contributed by atoms with van der Waals surface area (Å²) in [5.41, 5.74) is 5.40. The summed E-state index contributed by atoms with van der Waals surface area (Å²) in [5, 5.41) is 19.4. The van der Waals surface area contributed by atoms with Gasteiger partial charge in [0.1, 0.15) is 0 Å². The number of phenolic OH excluding ortho intramolecular Hbond substituents is 2. The molecule has 0 atom stereocenters. The van der Waals surface area contributed by atoms with E-state index in [0.717, 1.165) is 33.6 Å². The number of rotatable bonds is 9. The second-order valence-corrected chi connectivity index (χ2v) is 8.25. The SMILES string of the molecule is COc1cc(/C=C\C=C\c2ccnc(-c3cc(/C=C/C=C\c4ccc(O)c(OC)c4)ccn3)c2)ccc1O. The molecular formula is C32H28N2O4. The van der Waals surface area contributed by atoms with Crippen molar-refractivity contribution in [2.45, 2.75) is 0 Å². The van der Waals surface area contributed by atoms with E-state index in [2.05, 4.69) is 9.97 Å². The number of aromatic nitrogens is 2. The van der Waals surface area contributed by atoms with Gasteiger partial charge in [-0.05, 0) is 70.8 Å². The van der Waals surface area contributed by atoms with E-state index >= 15 is 0 Å². The first kappa shape index (κ1) is 26.0. The van der Waals surface area contributed by atoms with Crippen molar-refractivity contribution in [3.63, 3.8) is 0 Å². The fourth-order valence-electron chi connectivity index (χ4n) is 3.64. The largest absolute Gasteiger partial charge is 0.504 e. The van der Waals surface area contributed by atoms with E-state index in [1.165, 1.54) is 14.2 Å². The standard InChI is InChI=1S/C32H28N2O4/c1-37-31-21-23(11-13-29(31)35)7-3-5-9-25-15-17-33-27(19-25)28-20-26(16-18-34-28)10-6-4-8-24-12-14-30(36)32(22-24)38-2/h3-22,35-36H,1-2H3/b7-3-,8-4-,9-5+,10-6+. The van der Waals surface area contributed by atoms with Crippen LogP contribution in [0.1, 0.15) is 22.3 Å². The van der Waals surface area contributed by atoms with Gasteiger partial charge in [-0.3, -0.25) is 9.97 Å². The van der Waals surface area contributed by atoms with Crippen molar-refractivity contribution >= 4 is 24.3 Å². The number of allylic oxidation sites excluding steroid dienone is 4. The number of hydrogen-bond donors (Lipinski definition) is 2. The molecule has 2 heterocycles. The molecule has 0 amide bonds. The summed E-state index contributed by atoms with van der Waals surface area (Å²) < 4.78 is 10.3. The Kier molecular flexibility index (Phi) is 8.71. The Morgan fingerprint density at radius 2 is 0.895 bits per heavy atom. The average molecular weight is 505 g/mol. The van der Waals surface area contributed by atoms with Crippen LogP contribution < -0.4 is 9.47 Å². The van der Waals surface area contributed by atoms with Crippen molar-refractivity contribution in [2.24, 2.45) is 0 Å². The fourth-order valence-corrected chi connectivity index (χ4v) is 3.64. The van der Waals surface area contributed by atoms with E-state index in [0.29, 0.717) is 11.5 Å². The van der Waals surface area contributed by atoms with E-state index in [-0.39, 0.29) is 11.5 Å². The topological polar surface area (TPSA) is 84.7 Å². The third kappa shape index (κ3) is 6.98. The van der Waals surface area contributed by atoms with E-state index in [1.54, 1.807) is 36.7 Å². The molecule has 0 aliphatic carbocycles. The highest BCUT2D eigenvalue weighted by Crippen LogP contribution is 2.27. The normalized spacial score (nSPS) is 11.7. The summed E-state index contributed by atoms with van der Waals surface area (Å²) in [6, 6.07) is 18.3. The van der Waals surface area contributed by atoms with Crippen LogP contribution in [0.4, 0.5) is 0 Å². The Bertz CT molecular complexity index is 1400. The van der Waals surface area contributed by atoms with Crippen molar-refractivity contribution in [3.05, 3.63) is 120 Å². The lowest BCUT2D eigenvalue weighted by Gasteiger charge is -2.03. The number of pyridine rings is 2. The first-order valence-electron chi connectivity index (χ1n) is 11.9. The quantitative estimate of drug-likeness (QED) is 0.238. The number of nitrogens with zero attached hydrogens (tertiary/aromatic N) is 2. The molecule has 2 N–H and O–H groups in total. The van der Waals surface area contributed by atoms with Crippen molar-refractivity contribution in [1.82, 2.24) is 9.97 Å². The first-order chi connectivity index (χ1) is 18.6. The van der Waals surface area contributed by atoms with Gasteiger partial charge in [0.15, 0.2) is 23.0 Å². The molecule has 6 heteroatoms. The molecule has 0 saturated carbocycles. The van der Waals surface area contributed by atoms with Gasteiger partial charge in [0, 0.05) is 12.4 Å². The molecule has 0 spiro atoms. The Morgan fingerprint density at radius 3 is 1.26 bits per heavy atom. The summed E-state index contributed by atoms with van der Waals surface area (Å²) in [6.45, 7) is 0. The van der Waals surface area contributed by atoms with Crippen LogP contribution in [-0.4, -0.2) is 34.4 Å². The van der Waals surface area contributed by atoms with Crippen LogP contribution in [0.5, 0.6) is 23.0 Å². The lowest BCUT2D eigenvalue weighted by Crippen LogP contribution is -1.88. The maximum atomic E-state index is 9.72. The zero-order chi connectivity index (χ0) is 26.7. The van der Waals surface area contributed by atoms with Crippen LogP contribution in [0.15, 0.2) is 97.4 Å². The van der Waals surface area contributed by atoms with Gasteiger partial charge in [-0.25, -0.2) is 0 Å². The molecular weight excluding hydrogens is 476 g/mol. The van der Waals surface area contributed by atoms with Crippen molar-refractivity contribution in [3.8, 4) is 34.4 Å². The predicted octanol–water partition coefficient (Wildman–Crippen LogP) is 7.03. The predicted molar refractivity (Wildman–Crippen MR) is 153 cm³/mol.